The Balaban J connectivity index is 1.50. The van der Waals surface area contributed by atoms with Crippen molar-refractivity contribution in [2.45, 2.75) is 52.5 Å². The number of fused-ring (bicyclic) bond motifs is 2. The second-order valence-electron chi connectivity index (χ2n) is 8.44. The van der Waals surface area contributed by atoms with Gasteiger partial charge in [-0.2, -0.15) is 0 Å². The Bertz CT molecular complexity index is 914. The van der Waals surface area contributed by atoms with Gasteiger partial charge in [0.05, 0.1) is 12.7 Å². The van der Waals surface area contributed by atoms with E-state index in [2.05, 4.69) is 32.2 Å². The molecule has 1 N–H and O–H groups in total. The quantitative estimate of drug-likeness (QED) is 0.904. The van der Waals surface area contributed by atoms with E-state index >= 15 is 0 Å². The summed E-state index contributed by atoms with van der Waals surface area (Å²) in [6.45, 7) is 6.98. The highest BCUT2D eigenvalue weighted by Gasteiger charge is 2.40. The van der Waals surface area contributed by atoms with Crippen LogP contribution in [-0.4, -0.2) is 36.3 Å². The summed E-state index contributed by atoms with van der Waals surface area (Å²) in [5.41, 5.74) is 5.37. The second-order valence-corrected chi connectivity index (χ2v) is 8.44. The summed E-state index contributed by atoms with van der Waals surface area (Å²) < 4.78 is 5.82. The van der Waals surface area contributed by atoms with Crippen molar-refractivity contribution in [3.63, 3.8) is 0 Å². The molecular weight excluding hydrogens is 340 g/mol. The number of nitrogens with zero attached hydrogens (tertiary/aromatic N) is 1. The molecule has 0 unspecified atom stereocenters. The summed E-state index contributed by atoms with van der Waals surface area (Å²) >= 11 is 0. The van der Waals surface area contributed by atoms with Crippen molar-refractivity contribution in [1.29, 1.82) is 0 Å². The lowest BCUT2D eigenvalue weighted by Gasteiger charge is -2.25. The first-order valence-corrected chi connectivity index (χ1v) is 9.84. The molecule has 144 valence electrons. The normalized spacial score (nSPS) is 24.7. The predicted molar refractivity (Wildman–Crippen MR) is 105 cm³/mol. The molecule has 5 heteroatoms. The van der Waals surface area contributed by atoms with Crippen LogP contribution in [0, 0.1) is 32.6 Å². The minimum atomic E-state index is 0.123. The van der Waals surface area contributed by atoms with E-state index in [4.69, 9.17) is 4.42 Å². The van der Waals surface area contributed by atoms with Gasteiger partial charge < -0.3 is 14.6 Å². The van der Waals surface area contributed by atoms with E-state index in [1.54, 1.807) is 6.26 Å². The van der Waals surface area contributed by atoms with Gasteiger partial charge in [0.25, 0.3) is 0 Å². The lowest BCUT2D eigenvalue weighted by molar-refractivity contribution is -0.131. The number of hydrogen-bond acceptors (Lipinski definition) is 3. The molecule has 1 saturated carbocycles. The smallest absolute Gasteiger partial charge is 0.227 e. The fraction of sp³-hybridized carbons (Fsp3) is 0.545. The van der Waals surface area contributed by atoms with Gasteiger partial charge in [-0.15, -0.1) is 0 Å². The fourth-order valence-corrected chi connectivity index (χ4v) is 4.96. The number of amides is 2. The van der Waals surface area contributed by atoms with E-state index in [-0.39, 0.29) is 17.9 Å². The lowest BCUT2D eigenvalue weighted by atomic mass is 9.89. The largest absolute Gasteiger partial charge is 0.464 e. The van der Waals surface area contributed by atoms with Crippen molar-refractivity contribution < 1.29 is 14.0 Å². The molecule has 1 aliphatic carbocycles. The van der Waals surface area contributed by atoms with Crippen molar-refractivity contribution in [1.82, 2.24) is 10.2 Å². The van der Waals surface area contributed by atoms with E-state index in [1.165, 1.54) is 5.56 Å². The molecule has 2 fully saturated rings. The molecule has 0 radical (unpaired) electrons. The molecule has 3 atom stereocenters. The number of carbonyl (C=O) groups excluding carboxylic acids is 2. The number of likely N-dealkylation sites (N-methyl/N-ethyl adjacent to an activating group) is 1. The zero-order valence-corrected chi connectivity index (χ0v) is 16.6. The van der Waals surface area contributed by atoms with Crippen molar-refractivity contribution >= 4 is 22.8 Å². The standard InChI is InChI=1S/C22H28N2O3/c1-12-5-13(2)21-17(11-27-22(21)14(12)3)9-20(26)24(4)18-6-15-8-19(25)23-10-16(15)7-18/h5,11,15-16,18H,6-10H2,1-4H3,(H,23,25)/t15-,16+,18-/m1/s1. The molecule has 1 aromatic heterocycles. The minimum absolute atomic E-state index is 0.123. The van der Waals surface area contributed by atoms with Crippen LogP contribution in [0.25, 0.3) is 11.0 Å². The van der Waals surface area contributed by atoms with Gasteiger partial charge in [0.2, 0.25) is 11.8 Å². The topological polar surface area (TPSA) is 62.6 Å². The van der Waals surface area contributed by atoms with Gasteiger partial charge >= 0.3 is 0 Å². The monoisotopic (exact) mass is 368 g/mol. The van der Waals surface area contributed by atoms with Gasteiger partial charge in [-0.25, -0.2) is 0 Å². The number of piperidine rings is 1. The van der Waals surface area contributed by atoms with Crippen LogP contribution in [-0.2, 0) is 16.0 Å². The molecule has 0 spiro atoms. The van der Waals surface area contributed by atoms with Crippen LogP contribution in [0.2, 0.25) is 0 Å². The van der Waals surface area contributed by atoms with E-state index < -0.39 is 0 Å². The highest BCUT2D eigenvalue weighted by atomic mass is 16.3. The molecule has 2 aliphatic rings. The molecule has 1 aromatic carbocycles. The Kier molecular flexibility index (Phi) is 4.49. The highest BCUT2D eigenvalue weighted by Crippen LogP contribution is 2.38. The number of furan rings is 1. The van der Waals surface area contributed by atoms with E-state index in [9.17, 15) is 9.59 Å². The Morgan fingerprint density at radius 2 is 1.96 bits per heavy atom. The molecule has 2 aromatic rings. The molecule has 0 bridgehead atoms. The maximum Gasteiger partial charge on any atom is 0.227 e. The van der Waals surface area contributed by atoms with E-state index in [0.29, 0.717) is 24.7 Å². The van der Waals surface area contributed by atoms with Crippen molar-refractivity contribution in [2.24, 2.45) is 11.8 Å². The maximum absolute atomic E-state index is 13.0. The average molecular weight is 368 g/mol. The Morgan fingerprint density at radius 1 is 1.22 bits per heavy atom. The molecule has 5 nitrogen and oxygen atoms in total. The van der Waals surface area contributed by atoms with Gasteiger partial charge in [-0.05, 0) is 62.1 Å². The van der Waals surface area contributed by atoms with Crippen molar-refractivity contribution in [3.05, 3.63) is 34.6 Å². The third-order valence-electron chi connectivity index (χ3n) is 6.73. The molecule has 4 rings (SSSR count). The van der Waals surface area contributed by atoms with Crippen LogP contribution in [0.5, 0.6) is 0 Å². The summed E-state index contributed by atoms with van der Waals surface area (Å²) in [5.74, 6) is 1.20. The molecule has 1 saturated heterocycles. The number of rotatable bonds is 3. The summed E-state index contributed by atoms with van der Waals surface area (Å²) in [4.78, 5) is 26.5. The van der Waals surface area contributed by atoms with Gasteiger partial charge in [0.1, 0.15) is 5.58 Å². The third-order valence-corrected chi connectivity index (χ3v) is 6.73. The predicted octanol–water partition coefficient (Wildman–Crippen LogP) is 3.27. The van der Waals surface area contributed by atoms with Crippen LogP contribution in [0.4, 0.5) is 0 Å². The number of aryl methyl sites for hydroxylation is 3. The molecule has 2 heterocycles. The zero-order valence-electron chi connectivity index (χ0n) is 16.6. The second kappa shape index (κ2) is 6.70. The molecule has 1 aliphatic heterocycles. The van der Waals surface area contributed by atoms with Crippen LogP contribution in [0.15, 0.2) is 16.7 Å². The SMILES string of the molecule is Cc1cc(C)c2c(CC(=O)N(C)[C@H]3C[C@H]4CNC(=O)C[C@H]4C3)coc2c1C. The first-order chi connectivity index (χ1) is 12.8. The van der Waals surface area contributed by atoms with Gasteiger partial charge in [0, 0.05) is 37.0 Å². The molecular formula is C22H28N2O3. The van der Waals surface area contributed by atoms with Gasteiger partial charge in [-0.1, -0.05) is 6.07 Å². The Morgan fingerprint density at radius 3 is 2.74 bits per heavy atom. The van der Waals surface area contributed by atoms with Gasteiger partial charge in [0.15, 0.2) is 0 Å². The summed E-state index contributed by atoms with van der Waals surface area (Å²) in [5, 5.41) is 4.04. The van der Waals surface area contributed by atoms with E-state index in [1.807, 2.05) is 11.9 Å². The van der Waals surface area contributed by atoms with E-state index in [0.717, 1.165) is 47.0 Å². The summed E-state index contributed by atoms with van der Waals surface area (Å²) in [6, 6.07) is 2.39. The molecule has 27 heavy (non-hydrogen) atoms. The third kappa shape index (κ3) is 3.13. The van der Waals surface area contributed by atoms with Crippen LogP contribution in [0.1, 0.15) is 41.5 Å². The van der Waals surface area contributed by atoms with Crippen molar-refractivity contribution in [3.8, 4) is 0 Å². The lowest BCUT2D eigenvalue weighted by Crippen LogP contribution is -2.38. The average Bonchev–Trinajstić information content (AvgIpc) is 3.23. The number of nitrogens with one attached hydrogen (secondary N) is 1. The Labute approximate surface area is 160 Å². The van der Waals surface area contributed by atoms with Gasteiger partial charge in [-0.3, -0.25) is 9.59 Å². The minimum Gasteiger partial charge on any atom is -0.464 e. The molecule has 2 amide bonds. The number of benzene rings is 1. The zero-order chi connectivity index (χ0) is 19.3. The van der Waals surface area contributed by atoms with Crippen LogP contribution < -0.4 is 5.32 Å². The Hall–Kier alpha value is -2.30. The fourth-order valence-electron chi connectivity index (χ4n) is 4.96. The first kappa shape index (κ1) is 18.1. The van der Waals surface area contributed by atoms with Crippen LogP contribution in [0.3, 0.4) is 0 Å². The highest BCUT2D eigenvalue weighted by molar-refractivity contribution is 5.92. The number of hydrogen-bond donors (Lipinski definition) is 1. The maximum atomic E-state index is 13.0. The first-order valence-electron chi connectivity index (χ1n) is 9.84. The van der Waals surface area contributed by atoms with Crippen LogP contribution >= 0.6 is 0 Å². The summed E-state index contributed by atoms with van der Waals surface area (Å²) in [7, 11) is 1.91. The van der Waals surface area contributed by atoms with Crippen molar-refractivity contribution in [2.75, 3.05) is 13.6 Å². The summed E-state index contributed by atoms with van der Waals surface area (Å²) in [6.07, 6.45) is 4.62. The number of carbonyl (C=O) groups is 2.